The lowest BCUT2D eigenvalue weighted by molar-refractivity contribution is -0.193. The Morgan fingerprint density at radius 2 is 1.34 bits per heavy atom. The zero-order chi connectivity index (χ0) is 38.2. The highest BCUT2D eigenvalue weighted by Gasteiger charge is 2.39. The predicted molar refractivity (Wildman–Crippen MR) is 146 cm³/mol. The van der Waals surface area contributed by atoms with Gasteiger partial charge in [-0.1, -0.05) is 12.1 Å². The highest BCUT2D eigenvalue weighted by Crippen LogP contribution is 2.39. The van der Waals surface area contributed by atoms with E-state index in [4.69, 9.17) is 30.3 Å². The van der Waals surface area contributed by atoms with Crippen molar-refractivity contribution in [1.82, 2.24) is 9.78 Å². The summed E-state index contributed by atoms with van der Waals surface area (Å²) in [5.74, 6) is -6.58. The van der Waals surface area contributed by atoms with Gasteiger partial charge in [-0.05, 0) is 35.9 Å². The molecule has 0 bridgehead atoms. The number of nitrogens with zero attached hydrogens (tertiary/aromatic N) is 3. The lowest BCUT2D eigenvalue weighted by Crippen LogP contribution is -2.37. The molecule has 0 saturated carbocycles. The first-order valence-corrected chi connectivity index (χ1v) is 13.3. The fourth-order valence-electron chi connectivity index (χ4n) is 3.81. The molecule has 276 valence electrons. The van der Waals surface area contributed by atoms with E-state index in [-0.39, 0.29) is 49.9 Å². The number of hydrogen-bond acceptors (Lipinski definition) is 7. The van der Waals surface area contributed by atoms with Crippen molar-refractivity contribution in [3.8, 4) is 5.69 Å². The summed E-state index contributed by atoms with van der Waals surface area (Å²) in [5, 5.41) is 20.0. The normalized spacial score (nSPS) is 13.7. The van der Waals surface area contributed by atoms with Crippen LogP contribution in [0.5, 0.6) is 0 Å². The first kappa shape index (κ1) is 41.1. The maximum atomic E-state index is 13.8. The number of benzene rings is 2. The van der Waals surface area contributed by atoms with Crippen molar-refractivity contribution < 1.29 is 82.0 Å². The fraction of sp³-hybridized carbons (Fsp3) is 0.333. The Morgan fingerprint density at radius 1 is 0.800 bits per heavy atom. The van der Waals surface area contributed by atoms with Crippen LogP contribution < -0.4 is 16.0 Å². The van der Waals surface area contributed by atoms with Gasteiger partial charge in [-0.3, -0.25) is 4.79 Å². The topological polar surface area (TPSA) is 160 Å². The molecule has 2 aromatic carbocycles. The molecule has 2 heterocycles. The molecule has 0 radical (unpaired) electrons. The van der Waals surface area contributed by atoms with Crippen molar-refractivity contribution in [2.24, 2.45) is 5.73 Å². The summed E-state index contributed by atoms with van der Waals surface area (Å²) in [7, 11) is 0. The second-order valence-electron chi connectivity index (χ2n) is 9.59. The lowest BCUT2D eigenvalue weighted by atomic mass is 10.1. The molecule has 0 aliphatic carbocycles. The number of nitrogens with two attached hydrogens (primary N) is 1. The largest absolute Gasteiger partial charge is 0.490 e. The van der Waals surface area contributed by atoms with Gasteiger partial charge in [0, 0.05) is 37.1 Å². The van der Waals surface area contributed by atoms with Crippen LogP contribution in [0.4, 0.5) is 64.1 Å². The van der Waals surface area contributed by atoms with Gasteiger partial charge in [0.1, 0.15) is 5.69 Å². The number of carbonyl (C=O) groups is 3. The number of aliphatic carboxylic acids is 2. The van der Waals surface area contributed by atoms with E-state index in [0.717, 1.165) is 10.7 Å². The molecule has 1 aromatic heterocycles. The summed E-state index contributed by atoms with van der Waals surface area (Å²) in [5.41, 5.74) is 3.17. The molecular weight excluding hydrogens is 718 g/mol. The molecule has 1 saturated heterocycles. The summed E-state index contributed by atoms with van der Waals surface area (Å²) >= 11 is 0. The molecule has 23 heteroatoms. The molecule has 3 aromatic rings. The van der Waals surface area contributed by atoms with Gasteiger partial charge >= 0.3 is 36.6 Å². The number of alkyl halides is 12. The van der Waals surface area contributed by atoms with Crippen LogP contribution in [0.3, 0.4) is 0 Å². The first-order valence-electron chi connectivity index (χ1n) is 13.3. The number of carbonyl (C=O) groups excluding carboxylic acids is 1. The van der Waals surface area contributed by atoms with E-state index in [9.17, 15) is 57.5 Å². The van der Waals surface area contributed by atoms with Crippen molar-refractivity contribution in [2.75, 3.05) is 36.5 Å². The predicted octanol–water partition coefficient (Wildman–Crippen LogP) is 5.72. The third-order valence-corrected chi connectivity index (χ3v) is 6.02. The Hall–Kier alpha value is -5.06. The second kappa shape index (κ2) is 16.1. The van der Waals surface area contributed by atoms with Gasteiger partial charge in [0.15, 0.2) is 5.69 Å². The van der Waals surface area contributed by atoms with E-state index in [0.29, 0.717) is 11.6 Å². The number of carboxylic acids is 2. The minimum absolute atomic E-state index is 0.0770. The molecular formula is C27H23F12N5O6. The van der Waals surface area contributed by atoms with Gasteiger partial charge in [0.2, 0.25) is 0 Å². The number of morpholine rings is 1. The molecule has 1 amide bonds. The average molecular weight is 741 g/mol. The quantitative estimate of drug-likeness (QED) is 0.240. The number of halogens is 12. The first-order chi connectivity index (χ1) is 22.9. The Labute approximate surface area is 271 Å². The van der Waals surface area contributed by atoms with Crippen LogP contribution in [0.15, 0.2) is 48.5 Å². The molecule has 1 aliphatic heterocycles. The maximum Gasteiger partial charge on any atom is 0.490 e. The van der Waals surface area contributed by atoms with E-state index in [1.165, 1.54) is 35.2 Å². The molecule has 0 spiro atoms. The summed E-state index contributed by atoms with van der Waals surface area (Å²) < 4.78 is 151. The molecule has 0 unspecified atom stereocenters. The van der Waals surface area contributed by atoms with Crippen LogP contribution in [0, 0.1) is 0 Å². The fourth-order valence-corrected chi connectivity index (χ4v) is 3.81. The Morgan fingerprint density at radius 3 is 1.80 bits per heavy atom. The number of nitrogens with one attached hydrogen (secondary N) is 1. The van der Waals surface area contributed by atoms with Gasteiger partial charge in [0.25, 0.3) is 5.91 Å². The van der Waals surface area contributed by atoms with Crippen LogP contribution in [0.25, 0.3) is 5.69 Å². The summed E-state index contributed by atoms with van der Waals surface area (Å²) in [6.45, 7) is 1.16. The van der Waals surface area contributed by atoms with Gasteiger partial charge < -0.3 is 30.9 Å². The number of hydrogen-bond donors (Lipinski definition) is 4. The number of rotatable bonds is 5. The maximum absolute atomic E-state index is 13.8. The van der Waals surface area contributed by atoms with Crippen molar-refractivity contribution in [3.63, 3.8) is 0 Å². The number of anilines is 2. The second-order valence-corrected chi connectivity index (χ2v) is 9.59. The summed E-state index contributed by atoms with van der Waals surface area (Å²) in [6.07, 6.45) is -19.8. The standard InChI is InChI=1S/C23H21F6N5O2.2C2HF3O2/c24-22(25,26)17-11-15(4-5-18(17)33-6-8-36-9-7-33)31-21(35)19-12-20(23(27,28)29)32-34(19)16-3-1-2-14(10-16)13-30;2*3-2(4,5)1(6)7/h1-5,10-12H,6-9,13,30H2,(H,31,35);2*(H,6,7). The van der Waals surface area contributed by atoms with Crippen molar-refractivity contribution in [2.45, 2.75) is 31.2 Å². The Kier molecular flexibility index (Phi) is 13.2. The molecule has 11 nitrogen and oxygen atoms in total. The minimum atomic E-state index is -5.08. The van der Waals surface area contributed by atoms with Gasteiger partial charge in [-0.2, -0.15) is 57.8 Å². The highest BCUT2D eigenvalue weighted by atomic mass is 19.4. The number of amides is 1. The average Bonchev–Trinajstić information content (AvgIpc) is 3.48. The van der Waals surface area contributed by atoms with E-state index in [2.05, 4.69) is 10.4 Å². The lowest BCUT2D eigenvalue weighted by Gasteiger charge is -2.31. The molecule has 5 N–H and O–H groups in total. The van der Waals surface area contributed by atoms with E-state index < -0.39 is 59.5 Å². The van der Waals surface area contributed by atoms with Crippen molar-refractivity contribution in [3.05, 3.63) is 71.0 Å². The van der Waals surface area contributed by atoms with Crippen LogP contribution in [0.2, 0.25) is 0 Å². The monoisotopic (exact) mass is 741 g/mol. The van der Waals surface area contributed by atoms with Gasteiger partial charge in [-0.15, -0.1) is 0 Å². The number of aromatic nitrogens is 2. The third-order valence-electron chi connectivity index (χ3n) is 6.02. The van der Waals surface area contributed by atoms with E-state index in [1.54, 1.807) is 6.07 Å². The van der Waals surface area contributed by atoms with E-state index >= 15 is 0 Å². The number of carboxylic acid groups (broad SMARTS) is 2. The van der Waals surface area contributed by atoms with E-state index in [1.807, 2.05) is 0 Å². The molecule has 0 atom stereocenters. The number of ether oxygens (including phenoxy) is 1. The summed E-state index contributed by atoms with van der Waals surface area (Å²) in [4.78, 5) is 32.3. The van der Waals surface area contributed by atoms with Gasteiger partial charge in [-0.25, -0.2) is 14.3 Å². The third kappa shape index (κ3) is 11.8. The smallest absolute Gasteiger partial charge is 0.475 e. The highest BCUT2D eigenvalue weighted by molar-refractivity contribution is 6.03. The zero-order valence-corrected chi connectivity index (χ0v) is 24.6. The SMILES string of the molecule is NCc1cccc(-n2nc(C(F)(F)F)cc2C(=O)Nc2ccc(N3CCOCC3)c(C(F)(F)F)c2)c1.O=C(O)C(F)(F)F.O=C(O)C(F)(F)F. The molecule has 4 rings (SSSR count). The van der Waals surface area contributed by atoms with Crippen LogP contribution >= 0.6 is 0 Å². The van der Waals surface area contributed by atoms with Crippen molar-refractivity contribution in [1.29, 1.82) is 0 Å². The summed E-state index contributed by atoms with van der Waals surface area (Å²) in [6, 6.07) is 9.84. The Balaban J connectivity index is 0.000000521. The Bertz CT molecular complexity index is 1620. The molecule has 1 aliphatic rings. The van der Waals surface area contributed by atoms with Gasteiger partial charge in [0.05, 0.1) is 24.5 Å². The molecule has 1 fully saturated rings. The zero-order valence-electron chi connectivity index (χ0n) is 24.6. The van der Waals surface area contributed by atoms with Crippen LogP contribution in [0.1, 0.15) is 27.3 Å². The minimum Gasteiger partial charge on any atom is -0.475 e. The van der Waals surface area contributed by atoms with Crippen molar-refractivity contribution >= 4 is 29.2 Å². The molecule has 50 heavy (non-hydrogen) atoms. The van der Waals surface area contributed by atoms with Crippen LogP contribution in [-0.2, 0) is 33.2 Å². The van der Waals surface area contributed by atoms with Crippen LogP contribution in [-0.4, -0.2) is 76.5 Å².